The summed E-state index contributed by atoms with van der Waals surface area (Å²) >= 11 is 0. The van der Waals surface area contributed by atoms with Gasteiger partial charge in [-0.25, -0.2) is 13.4 Å². The molecule has 0 bridgehead atoms. The smallest absolute Gasteiger partial charge is 0.246 e. The number of aromatic nitrogens is 3. The summed E-state index contributed by atoms with van der Waals surface area (Å²) in [6, 6.07) is 5.75. The molecule has 21 heavy (non-hydrogen) atoms. The summed E-state index contributed by atoms with van der Waals surface area (Å²) in [6.07, 6.45) is 5.28. The van der Waals surface area contributed by atoms with Gasteiger partial charge in [0.05, 0.1) is 6.20 Å². The zero-order valence-corrected chi connectivity index (χ0v) is 12.3. The van der Waals surface area contributed by atoms with Crippen LogP contribution >= 0.6 is 0 Å². The molecule has 0 atom stereocenters. The van der Waals surface area contributed by atoms with Crippen molar-refractivity contribution in [1.29, 1.82) is 0 Å². The molecule has 0 amide bonds. The Labute approximate surface area is 123 Å². The highest BCUT2D eigenvalue weighted by atomic mass is 32.2. The fourth-order valence-electron chi connectivity index (χ4n) is 2.43. The van der Waals surface area contributed by atoms with Gasteiger partial charge in [0.1, 0.15) is 10.7 Å². The molecule has 0 spiro atoms. The maximum atomic E-state index is 12.5. The molecule has 3 heterocycles. The van der Waals surface area contributed by atoms with Gasteiger partial charge in [-0.1, -0.05) is 6.07 Å². The molecule has 0 saturated carbocycles. The quantitative estimate of drug-likeness (QED) is 0.903. The normalized spacial score (nSPS) is 17.6. The van der Waals surface area contributed by atoms with Gasteiger partial charge in [-0.15, -0.1) is 0 Å². The molecule has 1 fully saturated rings. The van der Waals surface area contributed by atoms with Crippen molar-refractivity contribution in [2.45, 2.75) is 11.3 Å². The van der Waals surface area contributed by atoms with Gasteiger partial charge < -0.3 is 4.90 Å². The number of aromatic amines is 1. The van der Waals surface area contributed by atoms with E-state index in [4.69, 9.17) is 0 Å². The maximum Gasteiger partial charge on any atom is 0.246 e. The fraction of sp³-hybridized carbons (Fsp3) is 0.385. The molecule has 0 aliphatic carbocycles. The summed E-state index contributed by atoms with van der Waals surface area (Å²) in [4.78, 5) is 6.66. The molecule has 0 aromatic carbocycles. The lowest BCUT2D eigenvalue weighted by molar-refractivity contribution is 0.433. The Morgan fingerprint density at radius 1 is 1.14 bits per heavy atom. The zero-order valence-electron chi connectivity index (χ0n) is 11.5. The summed E-state index contributed by atoms with van der Waals surface area (Å²) in [7, 11) is -3.46. The number of hydrogen-bond acceptors (Lipinski definition) is 5. The van der Waals surface area contributed by atoms with E-state index in [9.17, 15) is 8.42 Å². The average Bonchev–Trinajstić information content (AvgIpc) is 2.93. The van der Waals surface area contributed by atoms with Crippen molar-refractivity contribution in [2.75, 3.05) is 31.1 Å². The minimum atomic E-state index is -3.46. The Hall–Kier alpha value is -1.93. The highest BCUT2D eigenvalue weighted by Gasteiger charge is 2.27. The monoisotopic (exact) mass is 307 g/mol. The van der Waals surface area contributed by atoms with Crippen molar-refractivity contribution in [1.82, 2.24) is 19.5 Å². The minimum Gasteiger partial charge on any atom is -0.355 e. The molecule has 1 aliphatic heterocycles. The van der Waals surface area contributed by atoms with Gasteiger partial charge in [0, 0.05) is 38.6 Å². The minimum absolute atomic E-state index is 0.216. The van der Waals surface area contributed by atoms with Crippen LogP contribution in [0.4, 0.5) is 5.82 Å². The second-order valence-corrected chi connectivity index (χ2v) is 6.80. The van der Waals surface area contributed by atoms with Crippen LogP contribution in [-0.4, -0.2) is 54.1 Å². The molecule has 2 aromatic heterocycles. The Balaban J connectivity index is 1.75. The summed E-state index contributed by atoms with van der Waals surface area (Å²) in [5.41, 5.74) is 0. The highest BCUT2D eigenvalue weighted by molar-refractivity contribution is 7.89. The summed E-state index contributed by atoms with van der Waals surface area (Å²) in [5, 5.41) is 6.27. The molecule has 1 N–H and O–H groups in total. The van der Waals surface area contributed by atoms with Crippen LogP contribution in [0, 0.1) is 0 Å². The average molecular weight is 307 g/mol. The van der Waals surface area contributed by atoms with Gasteiger partial charge >= 0.3 is 0 Å². The van der Waals surface area contributed by atoms with E-state index in [-0.39, 0.29) is 4.90 Å². The third-order valence-electron chi connectivity index (χ3n) is 3.54. The zero-order chi connectivity index (χ0) is 14.7. The number of rotatable bonds is 3. The van der Waals surface area contributed by atoms with Crippen LogP contribution in [0.2, 0.25) is 0 Å². The lowest BCUT2D eigenvalue weighted by atomic mass is 10.3. The van der Waals surface area contributed by atoms with E-state index in [1.807, 2.05) is 18.2 Å². The van der Waals surface area contributed by atoms with E-state index in [0.717, 1.165) is 18.8 Å². The molecule has 8 heteroatoms. The summed E-state index contributed by atoms with van der Waals surface area (Å²) < 4.78 is 26.5. The molecule has 0 radical (unpaired) electrons. The number of nitrogens with zero attached hydrogens (tertiary/aromatic N) is 4. The van der Waals surface area contributed by atoms with Gasteiger partial charge in [-0.3, -0.25) is 5.10 Å². The van der Waals surface area contributed by atoms with Crippen molar-refractivity contribution < 1.29 is 8.42 Å². The molecule has 7 nitrogen and oxygen atoms in total. The van der Waals surface area contributed by atoms with Gasteiger partial charge in [0.15, 0.2) is 0 Å². The summed E-state index contributed by atoms with van der Waals surface area (Å²) in [5.74, 6) is 0.889. The lowest BCUT2D eigenvalue weighted by Crippen LogP contribution is -2.35. The molecule has 112 valence electrons. The molecule has 0 unspecified atom stereocenters. The Kier molecular flexibility index (Phi) is 3.89. The fourth-order valence-corrected chi connectivity index (χ4v) is 3.81. The molecule has 1 saturated heterocycles. The van der Waals surface area contributed by atoms with Crippen LogP contribution in [-0.2, 0) is 10.0 Å². The van der Waals surface area contributed by atoms with Crippen LogP contribution in [0.3, 0.4) is 0 Å². The first-order valence-corrected chi connectivity index (χ1v) is 8.27. The van der Waals surface area contributed by atoms with Crippen molar-refractivity contribution in [3.05, 3.63) is 36.8 Å². The lowest BCUT2D eigenvalue weighted by Gasteiger charge is -2.22. The van der Waals surface area contributed by atoms with Crippen LogP contribution in [0.25, 0.3) is 0 Å². The number of sulfonamides is 1. The second kappa shape index (κ2) is 5.82. The van der Waals surface area contributed by atoms with Crippen molar-refractivity contribution in [3.63, 3.8) is 0 Å². The first kappa shape index (κ1) is 14.0. The van der Waals surface area contributed by atoms with Gasteiger partial charge in [-0.2, -0.15) is 9.40 Å². The predicted molar refractivity (Wildman–Crippen MR) is 78.4 cm³/mol. The molecule has 1 aliphatic rings. The van der Waals surface area contributed by atoms with Gasteiger partial charge in [0.25, 0.3) is 0 Å². The Morgan fingerprint density at radius 3 is 2.76 bits per heavy atom. The van der Waals surface area contributed by atoms with Gasteiger partial charge in [-0.05, 0) is 18.6 Å². The van der Waals surface area contributed by atoms with E-state index in [1.165, 1.54) is 16.7 Å². The molecule has 2 aromatic rings. The van der Waals surface area contributed by atoms with Crippen molar-refractivity contribution in [3.8, 4) is 0 Å². The van der Waals surface area contributed by atoms with E-state index in [1.54, 1.807) is 6.20 Å². The number of H-pyrrole nitrogens is 1. The number of pyridine rings is 1. The summed E-state index contributed by atoms with van der Waals surface area (Å²) in [6.45, 7) is 2.39. The molecule has 3 rings (SSSR count). The SMILES string of the molecule is O=S(=O)(c1cn[nH]c1)N1CCCN(c2ccccn2)CC1. The number of nitrogens with one attached hydrogen (secondary N) is 1. The van der Waals surface area contributed by atoms with Gasteiger partial charge in [0.2, 0.25) is 10.0 Å². The van der Waals surface area contributed by atoms with E-state index in [0.29, 0.717) is 19.6 Å². The Bertz CT molecular complexity index is 672. The third-order valence-corrected chi connectivity index (χ3v) is 5.40. The van der Waals surface area contributed by atoms with E-state index in [2.05, 4.69) is 20.1 Å². The maximum absolute atomic E-state index is 12.5. The first-order valence-electron chi connectivity index (χ1n) is 6.83. The molecular formula is C13H17N5O2S. The topological polar surface area (TPSA) is 82.2 Å². The van der Waals surface area contributed by atoms with Crippen molar-refractivity contribution >= 4 is 15.8 Å². The Morgan fingerprint density at radius 2 is 2.05 bits per heavy atom. The first-order chi connectivity index (χ1) is 10.2. The number of hydrogen-bond donors (Lipinski definition) is 1. The van der Waals surface area contributed by atoms with E-state index < -0.39 is 10.0 Å². The third kappa shape index (κ3) is 2.91. The molecular weight excluding hydrogens is 290 g/mol. The predicted octanol–water partition coefficient (Wildman–Crippen LogP) is 0.706. The van der Waals surface area contributed by atoms with Crippen LogP contribution < -0.4 is 4.90 Å². The van der Waals surface area contributed by atoms with Crippen LogP contribution in [0.1, 0.15) is 6.42 Å². The van der Waals surface area contributed by atoms with Crippen LogP contribution in [0.15, 0.2) is 41.7 Å². The number of anilines is 1. The largest absolute Gasteiger partial charge is 0.355 e. The highest BCUT2D eigenvalue weighted by Crippen LogP contribution is 2.18. The van der Waals surface area contributed by atoms with Crippen LogP contribution in [0.5, 0.6) is 0 Å². The standard InChI is InChI=1S/C13H17N5O2S/c19-21(20,12-10-15-16-11-12)18-7-3-6-17(8-9-18)13-4-1-2-5-14-13/h1-2,4-5,10-11H,3,6-9H2,(H,15,16). The van der Waals surface area contributed by atoms with E-state index >= 15 is 0 Å². The second-order valence-electron chi connectivity index (χ2n) is 4.87. The van der Waals surface area contributed by atoms with Crippen molar-refractivity contribution in [2.24, 2.45) is 0 Å².